The number of aliphatic hydroxyl groups is 2. The molecule has 0 rings (SSSR count). The maximum Gasteiger partial charge on any atom is 0.328 e. The van der Waals surface area contributed by atoms with Crippen molar-refractivity contribution in [3.8, 4) is 0 Å². The van der Waals surface area contributed by atoms with Gasteiger partial charge in [-0.3, -0.25) is 0 Å². The van der Waals surface area contributed by atoms with Crippen LogP contribution in [0.25, 0.3) is 0 Å². The first-order valence-corrected chi connectivity index (χ1v) is 4.02. The van der Waals surface area contributed by atoms with Gasteiger partial charge in [0.25, 0.3) is 0 Å². The molecule has 0 fully saturated rings. The second-order valence-electron chi connectivity index (χ2n) is 2.00. The molecule has 0 saturated heterocycles. The highest BCUT2D eigenvalue weighted by atomic mass is 16.4. The van der Waals surface area contributed by atoms with E-state index in [4.69, 9.17) is 25.5 Å². The Morgan fingerprint density at radius 2 is 1.06 bits per heavy atom. The first-order chi connectivity index (χ1) is 7.81. The smallest absolute Gasteiger partial charge is 0.328 e. The van der Waals surface area contributed by atoms with Crippen molar-refractivity contribution in [1.82, 2.24) is 0 Å². The molecule has 8 nitrogen and oxygen atoms in total. The maximum absolute atomic E-state index is 9.55. The van der Waals surface area contributed by atoms with E-state index in [2.05, 4.69) is 6.58 Å². The Hall–Kier alpha value is -2.19. The molecule has 8 heteroatoms. The molecule has 0 aromatic carbocycles. The number of aliphatic carboxylic acids is 3. The molecule has 0 unspecified atom stereocenters. The lowest BCUT2D eigenvalue weighted by Crippen LogP contribution is -1.91. The zero-order valence-corrected chi connectivity index (χ0v) is 8.81. The van der Waals surface area contributed by atoms with E-state index in [1.54, 1.807) is 0 Å². The average Bonchev–Trinajstić information content (AvgIpc) is 2.27. The number of carboxylic acid groups (broad SMARTS) is 3. The first kappa shape index (κ1) is 20.3. The van der Waals surface area contributed by atoms with Gasteiger partial charge >= 0.3 is 17.9 Å². The zero-order chi connectivity index (χ0) is 14.3. The highest BCUT2D eigenvalue weighted by Gasteiger charge is 1.88. The van der Waals surface area contributed by atoms with Crippen LogP contribution in [-0.4, -0.2) is 56.7 Å². The van der Waals surface area contributed by atoms with Crippen LogP contribution in [-0.2, 0) is 14.4 Å². The van der Waals surface area contributed by atoms with Crippen LogP contribution in [0.4, 0.5) is 0 Å². The number of hydrogen-bond donors (Lipinski definition) is 5. The molecule has 0 aromatic rings. The second-order valence-corrected chi connectivity index (χ2v) is 2.00. The van der Waals surface area contributed by atoms with Crippen LogP contribution < -0.4 is 0 Å². The van der Waals surface area contributed by atoms with Crippen molar-refractivity contribution < 1.29 is 39.9 Å². The number of carbonyl (C=O) groups is 3. The summed E-state index contributed by atoms with van der Waals surface area (Å²) >= 11 is 0. The molecule has 0 aromatic heterocycles. The summed E-state index contributed by atoms with van der Waals surface area (Å²) in [5, 5.41) is 38.5. The predicted octanol–water partition coefficient (Wildman–Crippen LogP) is -1.06. The highest BCUT2D eigenvalue weighted by Crippen LogP contribution is 1.70. The van der Waals surface area contributed by atoms with Gasteiger partial charge in [-0.1, -0.05) is 6.58 Å². The third kappa shape index (κ3) is 57.1. The monoisotopic (exact) mass is 250 g/mol. The normalized spacial score (nSPS) is 8.12. The van der Waals surface area contributed by atoms with Gasteiger partial charge in [-0.15, -0.1) is 0 Å². The van der Waals surface area contributed by atoms with Crippen LogP contribution in [0, 0.1) is 0 Å². The standard InChI is InChI=1S/C4H4O4.C3H4O2.C2H6O2/c5-3(6)1-2-4(7)8;1-2-3(4)5;3-1-2-4/h1-2H,(H,5,6)(H,7,8);2H,1H2,(H,4,5);3-4H,1-2H2/b2-1-;;. The molecule has 5 N–H and O–H groups in total. The van der Waals surface area contributed by atoms with Crippen molar-refractivity contribution in [2.75, 3.05) is 13.2 Å². The van der Waals surface area contributed by atoms with E-state index in [1.165, 1.54) is 0 Å². The Balaban J connectivity index is -0.000000188. The van der Waals surface area contributed by atoms with Crippen LogP contribution in [0.3, 0.4) is 0 Å². The highest BCUT2D eigenvalue weighted by molar-refractivity contribution is 5.89. The Morgan fingerprint density at radius 3 is 1.12 bits per heavy atom. The lowest BCUT2D eigenvalue weighted by atomic mass is 10.5. The molecule has 0 amide bonds. The van der Waals surface area contributed by atoms with Crippen LogP contribution in [0.2, 0.25) is 0 Å². The topological polar surface area (TPSA) is 152 Å². The third-order valence-corrected chi connectivity index (χ3v) is 0.643. The summed E-state index contributed by atoms with van der Waals surface area (Å²) < 4.78 is 0. The molecule has 0 atom stereocenters. The number of rotatable bonds is 4. The van der Waals surface area contributed by atoms with Gasteiger partial charge in [-0.2, -0.15) is 0 Å². The van der Waals surface area contributed by atoms with Gasteiger partial charge < -0.3 is 25.5 Å². The molecule has 0 heterocycles. The fraction of sp³-hybridized carbons (Fsp3) is 0.222. The van der Waals surface area contributed by atoms with Gasteiger partial charge in [-0.25, -0.2) is 14.4 Å². The maximum atomic E-state index is 9.55. The summed E-state index contributed by atoms with van der Waals surface area (Å²) in [6.45, 7) is 2.71. The minimum atomic E-state index is -1.26. The van der Waals surface area contributed by atoms with E-state index in [9.17, 15) is 14.4 Å². The van der Waals surface area contributed by atoms with Crippen molar-refractivity contribution in [2.45, 2.75) is 0 Å². The van der Waals surface area contributed by atoms with E-state index in [1.807, 2.05) is 0 Å². The summed E-state index contributed by atoms with van der Waals surface area (Å²) in [5.41, 5.74) is 0. The molecule has 0 radical (unpaired) electrons. The van der Waals surface area contributed by atoms with Crippen molar-refractivity contribution in [1.29, 1.82) is 0 Å². The molecule has 0 spiro atoms. The first-order valence-electron chi connectivity index (χ1n) is 4.02. The molecule has 0 bridgehead atoms. The lowest BCUT2D eigenvalue weighted by Gasteiger charge is -1.74. The molecule has 0 aliphatic heterocycles. The zero-order valence-electron chi connectivity index (χ0n) is 8.81. The largest absolute Gasteiger partial charge is 0.478 e. The minimum absolute atomic E-state index is 0.125. The van der Waals surface area contributed by atoms with Crippen LogP contribution in [0.5, 0.6) is 0 Å². The van der Waals surface area contributed by atoms with E-state index in [0.29, 0.717) is 12.2 Å². The van der Waals surface area contributed by atoms with E-state index in [-0.39, 0.29) is 13.2 Å². The fourth-order valence-corrected chi connectivity index (χ4v) is 0.143. The number of hydrogen-bond acceptors (Lipinski definition) is 5. The van der Waals surface area contributed by atoms with Crippen molar-refractivity contribution in [2.24, 2.45) is 0 Å². The molecular weight excluding hydrogens is 236 g/mol. The van der Waals surface area contributed by atoms with E-state index >= 15 is 0 Å². The van der Waals surface area contributed by atoms with E-state index < -0.39 is 17.9 Å². The predicted molar refractivity (Wildman–Crippen MR) is 56.4 cm³/mol. The Kier molecular flexibility index (Phi) is 19.4. The lowest BCUT2D eigenvalue weighted by molar-refractivity contribution is -0.134. The molecule has 0 saturated carbocycles. The van der Waals surface area contributed by atoms with Gasteiger partial charge in [0.05, 0.1) is 13.2 Å². The summed E-state index contributed by atoms with van der Waals surface area (Å²) in [5.74, 6) is -3.50. The number of aliphatic hydroxyl groups excluding tert-OH is 2. The summed E-state index contributed by atoms with van der Waals surface area (Å²) in [7, 11) is 0. The minimum Gasteiger partial charge on any atom is -0.478 e. The quantitative estimate of drug-likeness (QED) is 0.396. The van der Waals surface area contributed by atoms with Gasteiger partial charge in [0.1, 0.15) is 0 Å². The van der Waals surface area contributed by atoms with Gasteiger partial charge in [-0.05, 0) is 0 Å². The molecule has 0 aliphatic carbocycles. The van der Waals surface area contributed by atoms with E-state index in [0.717, 1.165) is 6.08 Å². The summed E-state index contributed by atoms with van der Waals surface area (Å²) in [6.07, 6.45) is 1.95. The van der Waals surface area contributed by atoms with Gasteiger partial charge in [0.15, 0.2) is 0 Å². The second kappa shape index (κ2) is 16.2. The average molecular weight is 250 g/mol. The Bertz CT molecular complexity index is 250. The molecule has 17 heavy (non-hydrogen) atoms. The summed E-state index contributed by atoms with van der Waals surface area (Å²) in [6, 6.07) is 0. The van der Waals surface area contributed by atoms with Crippen LogP contribution in [0.15, 0.2) is 24.8 Å². The SMILES string of the molecule is C=CC(=O)O.O=C(O)/C=C\C(=O)O.OCCO. The Labute approximate surface area is 96.7 Å². The van der Waals surface area contributed by atoms with Gasteiger partial charge in [0, 0.05) is 18.2 Å². The molecular formula is C9H14O8. The van der Waals surface area contributed by atoms with Gasteiger partial charge in [0.2, 0.25) is 0 Å². The fourth-order valence-electron chi connectivity index (χ4n) is 0.143. The molecule has 98 valence electrons. The Morgan fingerprint density at radius 1 is 0.824 bits per heavy atom. The van der Waals surface area contributed by atoms with Crippen LogP contribution in [0.1, 0.15) is 0 Å². The number of carboxylic acids is 3. The molecule has 0 aliphatic rings. The summed E-state index contributed by atoms with van der Waals surface area (Å²) in [4.78, 5) is 28.4. The third-order valence-electron chi connectivity index (χ3n) is 0.643. The van der Waals surface area contributed by atoms with Crippen LogP contribution >= 0.6 is 0 Å². The van der Waals surface area contributed by atoms with Crippen molar-refractivity contribution >= 4 is 17.9 Å². The van der Waals surface area contributed by atoms with Crippen molar-refractivity contribution in [3.63, 3.8) is 0 Å². The van der Waals surface area contributed by atoms with Crippen molar-refractivity contribution in [3.05, 3.63) is 24.8 Å².